The quantitative estimate of drug-likeness (QED) is 0.144. The van der Waals surface area contributed by atoms with E-state index >= 15 is 0 Å². The van der Waals surface area contributed by atoms with Gasteiger partial charge in [-0.3, -0.25) is 24.1 Å². The number of rotatable bonds is 8. The third-order valence-electron chi connectivity index (χ3n) is 8.98. The number of nitrogens with zero attached hydrogens (tertiary/aromatic N) is 1. The van der Waals surface area contributed by atoms with Crippen LogP contribution in [0.1, 0.15) is 30.0 Å². The van der Waals surface area contributed by atoms with Crippen LogP contribution in [0.3, 0.4) is 0 Å². The Morgan fingerprint density at radius 2 is 1.78 bits per heavy atom. The maximum Gasteiger partial charge on any atom is 0.319 e. The second-order valence-electron chi connectivity index (χ2n) is 11.8. The van der Waals surface area contributed by atoms with Crippen LogP contribution in [-0.2, 0) is 36.9 Å². The van der Waals surface area contributed by atoms with Crippen molar-refractivity contribution in [2.45, 2.75) is 37.1 Å². The van der Waals surface area contributed by atoms with Gasteiger partial charge in [-0.25, -0.2) is 0 Å². The van der Waals surface area contributed by atoms with E-state index in [9.17, 15) is 34.5 Å². The molecule has 4 atom stereocenters. The highest BCUT2D eigenvalue weighted by atomic mass is 32.1. The Morgan fingerprint density at radius 1 is 1.09 bits per heavy atom. The molecule has 11 nitrogen and oxygen atoms in total. The number of nitrogens with one attached hydrogen (secondary N) is 2. The zero-order valence-corrected chi connectivity index (χ0v) is 26.4. The number of aliphatic hydroxyl groups excluding tert-OH is 2. The first-order valence-electron chi connectivity index (χ1n) is 14.7. The maximum absolute atomic E-state index is 14.3. The van der Waals surface area contributed by atoms with Crippen molar-refractivity contribution < 1.29 is 39.2 Å². The average molecular weight is 636 g/mol. The number of hydrogen-bond donors (Lipinski definition) is 6. The number of phenolic OH excluding ortho intramolecular Hbond substituents is 1. The number of phenols is 1. The molecule has 1 saturated carbocycles. The van der Waals surface area contributed by atoms with E-state index in [1.807, 2.05) is 24.3 Å². The molecule has 45 heavy (non-hydrogen) atoms. The molecule has 0 aliphatic heterocycles. The fourth-order valence-electron chi connectivity index (χ4n) is 6.94. The summed E-state index contributed by atoms with van der Waals surface area (Å²) in [5.41, 5.74) is 2.73. The number of carbonyl (C=O) groups is 4. The van der Waals surface area contributed by atoms with E-state index in [-0.39, 0.29) is 42.2 Å². The van der Waals surface area contributed by atoms with E-state index in [1.54, 1.807) is 32.0 Å². The van der Waals surface area contributed by atoms with Gasteiger partial charge in [0.15, 0.2) is 11.6 Å². The Hall–Kier alpha value is -4.13. The fourth-order valence-corrected chi connectivity index (χ4v) is 7.42. The topological polar surface area (TPSA) is 165 Å². The number of carbonyl (C=O) groups excluding carboxylic acids is 4. The first-order chi connectivity index (χ1) is 21.4. The molecule has 5 rings (SSSR count). The summed E-state index contributed by atoms with van der Waals surface area (Å²) >= 11 is 4.68. The van der Waals surface area contributed by atoms with Crippen LogP contribution in [0, 0.1) is 11.8 Å². The molecule has 3 aliphatic rings. The third kappa shape index (κ3) is 5.30. The first kappa shape index (κ1) is 32.3. The minimum absolute atomic E-state index is 0.00103. The number of likely N-dealkylation sites (N-methyl/N-ethyl adjacent to an activating group) is 2. The standard InChI is InChI=1S/C33H37N3O8S/c1-5-44-23(38)15-35-14-16-6-8-17(9-7-16)19-10-11-22(37)25-20(19)12-18-13-21-27(36(3)4)29(40)26(32(43)34-2)31(42)33(21,45)30(41)24(18)28(25)39/h6-11,18,21,27,35,37,39,42,45H,5,12-15H2,1-4H3,(H,34,43)/t18-,21-,27+,33-/m0/s1. The molecule has 0 radical (unpaired) electrons. The van der Waals surface area contributed by atoms with Gasteiger partial charge < -0.3 is 30.7 Å². The SMILES string of the molecule is CCOC(=O)CNCc1ccc(-c2ccc(O)c3c2C[C@H]2C[C@H]4[C@@H](N(C)C)C(=O)C(C(=O)NC)=C(O)[C@@]4(S)C(=O)C2=C3O)cc1. The number of benzene rings is 2. The summed E-state index contributed by atoms with van der Waals surface area (Å²) < 4.78 is 2.98. The van der Waals surface area contributed by atoms with Crippen LogP contribution in [0.25, 0.3) is 16.9 Å². The summed E-state index contributed by atoms with van der Waals surface area (Å²) in [7, 11) is 4.65. The Labute approximate surface area is 266 Å². The molecule has 2 aromatic rings. The van der Waals surface area contributed by atoms with E-state index in [4.69, 9.17) is 4.74 Å². The van der Waals surface area contributed by atoms with Gasteiger partial charge in [-0.15, -0.1) is 0 Å². The number of ether oxygens (including phenoxy) is 1. The minimum atomic E-state index is -1.95. The lowest BCUT2D eigenvalue weighted by molar-refractivity contribution is -0.142. The highest BCUT2D eigenvalue weighted by molar-refractivity contribution is 7.83. The van der Waals surface area contributed by atoms with Crippen molar-refractivity contribution in [1.29, 1.82) is 0 Å². The largest absolute Gasteiger partial charge is 0.509 e. The van der Waals surface area contributed by atoms with Crippen molar-refractivity contribution in [3.63, 3.8) is 0 Å². The van der Waals surface area contributed by atoms with E-state index < -0.39 is 57.2 Å². The number of hydrogen-bond acceptors (Lipinski definition) is 11. The lowest BCUT2D eigenvalue weighted by atomic mass is 9.59. The molecule has 2 aromatic carbocycles. The van der Waals surface area contributed by atoms with Crippen LogP contribution >= 0.6 is 12.6 Å². The van der Waals surface area contributed by atoms with Crippen molar-refractivity contribution in [1.82, 2.24) is 15.5 Å². The van der Waals surface area contributed by atoms with Gasteiger partial charge in [0.05, 0.1) is 24.8 Å². The summed E-state index contributed by atoms with van der Waals surface area (Å²) in [6.07, 6.45) is 0.475. The van der Waals surface area contributed by atoms with Crippen LogP contribution in [0.15, 0.2) is 53.3 Å². The van der Waals surface area contributed by atoms with Gasteiger partial charge in [0.2, 0.25) is 0 Å². The lowest BCUT2D eigenvalue weighted by Gasteiger charge is -2.51. The molecule has 1 amide bonds. The average Bonchev–Trinajstić information content (AvgIpc) is 2.99. The predicted molar refractivity (Wildman–Crippen MR) is 170 cm³/mol. The number of aromatic hydroxyl groups is 1. The molecule has 3 aliphatic carbocycles. The van der Waals surface area contributed by atoms with Crippen LogP contribution in [-0.4, -0.2) is 88.7 Å². The predicted octanol–water partition coefficient (Wildman–Crippen LogP) is 2.48. The smallest absolute Gasteiger partial charge is 0.319 e. The van der Waals surface area contributed by atoms with E-state index in [0.717, 1.165) is 16.7 Å². The van der Waals surface area contributed by atoms with Crippen LogP contribution in [0.5, 0.6) is 5.75 Å². The van der Waals surface area contributed by atoms with Crippen molar-refractivity contribution in [3.8, 4) is 16.9 Å². The minimum Gasteiger partial charge on any atom is -0.509 e. The third-order valence-corrected chi connectivity index (χ3v) is 9.73. The van der Waals surface area contributed by atoms with Crippen LogP contribution in [0.2, 0.25) is 0 Å². The highest BCUT2D eigenvalue weighted by Gasteiger charge is 2.63. The van der Waals surface area contributed by atoms with Gasteiger partial charge in [0.25, 0.3) is 5.91 Å². The Morgan fingerprint density at radius 3 is 2.40 bits per heavy atom. The number of allylic oxidation sites excluding steroid dienone is 1. The number of ketones is 2. The summed E-state index contributed by atoms with van der Waals surface area (Å²) in [6, 6.07) is 9.89. The van der Waals surface area contributed by atoms with Gasteiger partial charge in [-0.05, 0) is 68.1 Å². The van der Waals surface area contributed by atoms with Gasteiger partial charge in [-0.1, -0.05) is 30.3 Å². The molecular weight excluding hydrogens is 598 g/mol. The molecule has 0 spiro atoms. The van der Waals surface area contributed by atoms with Gasteiger partial charge in [0, 0.05) is 25.1 Å². The number of amides is 1. The second kappa shape index (κ2) is 12.3. The number of thiol groups is 1. The molecule has 5 N–H and O–H groups in total. The molecule has 0 aromatic heterocycles. The van der Waals surface area contributed by atoms with Crippen LogP contribution in [0.4, 0.5) is 0 Å². The maximum atomic E-state index is 14.3. The molecule has 12 heteroatoms. The molecule has 238 valence electrons. The Balaban J connectivity index is 1.55. The van der Waals surface area contributed by atoms with Crippen LogP contribution < -0.4 is 10.6 Å². The Kier molecular flexibility index (Phi) is 8.85. The summed E-state index contributed by atoms with van der Waals surface area (Å²) in [4.78, 5) is 53.8. The number of aliphatic hydroxyl groups is 2. The van der Waals surface area contributed by atoms with Gasteiger partial charge in [0.1, 0.15) is 27.6 Å². The molecule has 0 bridgehead atoms. The molecule has 0 saturated heterocycles. The number of esters is 1. The van der Waals surface area contributed by atoms with E-state index in [2.05, 4.69) is 23.3 Å². The zero-order valence-electron chi connectivity index (χ0n) is 25.5. The second-order valence-corrected chi connectivity index (χ2v) is 12.5. The number of fused-ring (bicyclic) bond motifs is 3. The molecule has 0 heterocycles. The monoisotopic (exact) mass is 635 g/mol. The normalized spacial score (nSPS) is 24.3. The Bertz CT molecular complexity index is 1650. The van der Waals surface area contributed by atoms with Gasteiger partial charge in [-0.2, -0.15) is 12.6 Å². The molecular formula is C33H37N3O8S. The van der Waals surface area contributed by atoms with E-state index in [0.29, 0.717) is 18.7 Å². The summed E-state index contributed by atoms with van der Waals surface area (Å²) in [5, 5.41) is 39.2. The zero-order chi connectivity index (χ0) is 32.8. The fraction of sp³-hybridized carbons (Fsp3) is 0.394. The first-order valence-corrected chi connectivity index (χ1v) is 15.2. The summed E-state index contributed by atoms with van der Waals surface area (Å²) in [5.74, 6) is -5.20. The molecule has 1 fully saturated rings. The highest BCUT2D eigenvalue weighted by Crippen LogP contribution is 2.55. The molecule has 0 unspecified atom stereocenters. The van der Waals surface area contributed by atoms with Crippen molar-refractivity contribution in [2.24, 2.45) is 11.8 Å². The van der Waals surface area contributed by atoms with E-state index in [1.165, 1.54) is 13.1 Å². The number of Topliss-reactive ketones (excluding diaryl/α,β-unsaturated/α-hetero) is 2. The van der Waals surface area contributed by atoms with Crippen molar-refractivity contribution in [2.75, 3.05) is 34.3 Å². The summed E-state index contributed by atoms with van der Waals surface area (Å²) in [6.45, 7) is 2.60. The van der Waals surface area contributed by atoms with Gasteiger partial charge >= 0.3 is 5.97 Å². The van der Waals surface area contributed by atoms with Crippen molar-refractivity contribution in [3.05, 3.63) is 70.0 Å². The lowest BCUT2D eigenvalue weighted by Crippen LogP contribution is -2.63. The van der Waals surface area contributed by atoms with Crippen molar-refractivity contribution >= 4 is 41.8 Å².